The van der Waals surface area contributed by atoms with E-state index < -0.39 is 17.4 Å². The summed E-state index contributed by atoms with van der Waals surface area (Å²) >= 11 is 0. The van der Waals surface area contributed by atoms with Crippen molar-refractivity contribution in [2.24, 2.45) is 5.41 Å². The highest BCUT2D eigenvalue weighted by molar-refractivity contribution is 5.44. The van der Waals surface area contributed by atoms with Gasteiger partial charge in [-0.05, 0) is 35.4 Å². The normalized spacial score (nSPS) is 18.5. The van der Waals surface area contributed by atoms with E-state index in [9.17, 15) is 18.3 Å². The second-order valence-corrected chi connectivity index (χ2v) is 6.68. The summed E-state index contributed by atoms with van der Waals surface area (Å²) < 4.78 is 46.3. The van der Waals surface area contributed by atoms with Crippen molar-refractivity contribution in [2.45, 2.75) is 18.9 Å². The van der Waals surface area contributed by atoms with Crippen LogP contribution < -0.4 is 14.8 Å². The summed E-state index contributed by atoms with van der Waals surface area (Å²) in [7, 11) is 1.54. The van der Waals surface area contributed by atoms with Gasteiger partial charge in [0.25, 0.3) is 0 Å². The molecule has 3 rings (SSSR count). The largest absolute Gasteiger partial charge is 0.573 e. The van der Waals surface area contributed by atoms with Gasteiger partial charge in [0.15, 0.2) is 0 Å². The topological polar surface area (TPSA) is 50.7 Å². The van der Waals surface area contributed by atoms with Crippen molar-refractivity contribution in [3.05, 3.63) is 59.7 Å². The van der Waals surface area contributed by atoms with Gasteiger partial charge in [0.05, 0.1) is 7.11 Å². The number of alkyl halides is 3. The lowest BCUT2D eigenvalue weighted by Crippen LogP contribution is -2.63. The fourth-order valence-corrected chi connectivity index (χ4v) is 3.37. The third kappa shape index (κ3) is 3.24. The fraction of sp³-hybridized carbons (Fsp3) is 0.368. The van der Waals surface area contributed by atoms with Crippen LogP contribution in [-0.2, 0) is 5.60 Å². The maximum atomic E-state index is 12.4. The summed E-state index contributed by atoms with van der Waals surface area (Å²) in [5.41, 5.74) is -0.815. The molecular weight excluding hydrogens is 347 g/mol. The summed E-state index contributed by atoms with van der Waals surface area (Å²) in [4.78, 5) is 0. The highest BCUT2D eigenvalue weighted by atomic mass is 19.4. The van der Waals surface area contributed by atoms with Gasteiger partial charge >= 0.3 is 6.36 Å². The molecule has 2 aromatic carbocycles. The van der Waals surface area contributed by atoms with E-state index in [1.54, 1.807) is 24.3 Å². The monoisotopic (exact) mass is 367 g/mol. The van der Waals surface area contributed by atoms with Crippen molar-refractivity contribution in [3.63, 3.8) is 0 Å². The molecule has 140 valence electrons. The van der Waals surface area contributed by atoms with E-state index in [1.807, 2.05) is 6.92 Å². The lowest BCUT2D eigenvalue weighted by atomic mass is 9.62. The van der Waals surface area contributed by atoms with Crippen LogP contribution in [0.5, 0.6) is 11.5 Å². The molecule has 0 amide bonds. The predicted octanol–water partition coefficient (Wildman–Crippen LogP) is 3.44. The van der Waals surface area contributed by atoms with E-state index in [0.29, 0.717) is 30.0 Å². The van der Waals surface area contributed by atoms with Crippen LogP contribution in [0, 0.1) is 5.41 Å². The molecule has 0 saturated carbocycles. The second kappa shape index (κ2) is 6.48. The number of nitrogens with one attached hydrogen (secondary N) is 1. The third-order valence-corrected chi connectivity index (χ3v) is 4.90. The fourth-order valence-electron chi connectivity index (χ4n) is 3.37. The number of rotatable bonds is 5. The van der Waals surface area contributed by atoms with E-state index in [4.69, 9.17) is 4.74 Å². The van der Waals surface area contributed by atoms with Crippen LogP contribution in [-0.4, -0.2) is 31.7 Å². The Hall–Kier alpha value is -2.25. The lowest BCUT2D eigenvalue weighted by molar-refractivity contribution is -0.274. The van der Waals surface area contributed by atoms with Crippen molar-refractivity contribution in [3.8, 4) is 11.5 Å². The maximum Gasteiger partial charge on any atom is 0.573 e. The Morgan fingerprint density at radius 2 is 1.65 bits per heavy atom. The molecule has 2 aromatic rings. The van der Waals surface area contributed by atoms with Gasteiger partial charge in [-0.1, -0.05) is 31.2 Å². The van der Waals surface area contributed by atoms with E-state index in [2.05, 4.69) is 10.1 Å². The molecule has 1 aliphatic heterocycles. The number of aliphatic hydroxyl groups is 1. The standard InChI is InChI=1S/C19H20F3NO3/c1-17(11-23-12-17)18(24,14-4-3-5-16(10-14)25-2)13-6-8-15(9-7-13)26-19(20,21)22/h3-10,23-24H,11-12H2,1-2H3. The summed E-state index contributed by atoms with van der Waals surface area (Å²) in [5.74, 6) is 0.264. The highest BCUT2D eigenvalue weighted by Gasteiger charge is 2.53. The van der Waals surface area contributed by atoms with Gasteiger partial charge in [0.2, 0.25) is 0 Å². The Morgan fingerprint density at radius 3 is 2.15 bits per heavy atom. The molecule has 0 aliphatic carbocycles. The molecule has 1 aliphatic rings. The maximum absolute atomic E-state index is 12.4. The van der Waals surface area contributed by atoms with E-state index in [1.165, 1.54) is 31.4 Å². The lowest BCUT2D eigenvalue weighted by Gasteiger charge is -2.52. The van der Waals surface area contributed by atoms with Gasteiger partial charge in [-0.15, -0.1) is 13.2 Å². The van der Waals surface area contributed by atoms with Crippen LogP contribution in [0.25, 0.3) is 0 Å². The smallest absolute Gasteiger partial charge is 0.497 e. The van der Waals surface area contributed by atoms with Crippen LogP contribution >= 0.6 is 0 Å². The number of hydrogen-bond donors (Lipinski definition) is 2. The Morgan fingerprint density at radius 1 is 1.00 bits per heavy atom. The Bertz CT molecular complexity index is 772. The molecule has 7 heteroatoms. The van der Waals surface area contributed by atoms with Crippen LogP contribution in [0.2, 0.25) is 0 Å². The van der Waals surface area contributed by atoms with Gasteiger partial charge in [-0.2, -0.15) is 0 Å². The predicted molar refractivity (Wildman–Crippen MR) is 90.1 cm³/mol. The van der Waals surface area contributed by atoms with Gasteiger partial charge in [0.1, 0.15) is 17.1 Å². The van der Waals surface area contributed by atoms with Crippen LogP contribution in [0.3, 0.4) is 0 Å². The zero-order chi connectivity index (χ0) is 19.0. The average molecular weight is 367 g/mol. The zero-order valence-electron chi connectivity index (χ0n) is 14.4. The minimum Gasteiger partial charge on any atom is -0.497 e. The Labute approximate surface area is 149 Å². The van der Waals surface area contributed by atoms with Crippen molar-refractivity contribution in [1.82, 2.24) is 5.32 Å². The Balaban J connectivity index is 2.04. The van der Waals surface area contributed by atoms with E-state index >= 15 is 0 Å². The molecule has 26 heavy (non-hydrogen) atoms. The summed E-state index contributed by atoms with van der Waals surface area (Å²) in [5, 5.41) is 14.9. The molecular formula is C19H20F3NO3. The van der Waals surface area contributed by atoms with Gasteiger partial charge in [0, 0.05) is 18.5 Å². The number of benzene rings is 2. The van der Waals surface area contributed by atoms with Gasteiger partial charge < -0.3 is 19.9 Å². The first-order valence-corrected chi connectivity index (χ1v) is 8.12. The van der Waals surface area contributed by atoms with E-state index in [0.717, 1.165) is 0 Å². The van der Waals surface area contributed by atoms with Crippen LogP contribution in [0.4, 0.5) is 13.2 Å². The van der Waals surface area contributed by atoms with Crippen molar-refractivity contribution >= 4 is 0 Å². The first-order chi connectivity index (χ1) is 12.2. The van der Waals surface area contributed by atoms with Crippen molar-refractivity contribution in [2.75, 3.05) is 20.2 Å². The molecule has 0 radical (unpaired) electrons. The third-order valence-electron chi connectivity index (χ3n) is 4.90. The molecule has 4 nitrogen and oxygen atoms in total. The van der Waals surface area contributed by atoms with Gasteiger partial charge in [-0.25, -0.2) is 0 Å². The minimum absolute atomic E-state index is 0.328. The molecule has 2 N–H and O–H groups in total. The molecule has 1 unspecified atom stereocenters. The number of methoxy groups -OCH3 is 1. The first kappa shape index (κ1) is 18.5. The first-order valence-electron chi connectivity index (χ1n) is 8.12. The Kier molecular flexibility index (Phi) is 4.62. The number of hydrogen-bond acceptors (Lipinski definition) is 4. The number of halogens is 3. The summed E-state index contributed by atoms with van der Waals surface area (Å²) in [6.45, 7) is 3.08. The SMILES string of the molecule is COc1cccc(C(O)(c2ccc(OC(F)(F)F)cc2)C2(C)CNC2)c1. The molecule has 0 aromatic heterocycles. The van der Waals surface area contributed by atoms with Crippen molar-refractivity contribution in [1.29, 1.82) is 0 Å². The zero-order valence-corrected chi connectivity index (χ0v) is 14.4. The molecule has 1 heterocycles. The molecule has 1 fully saturated rings. The molecule has 0 bridgehead atoms. The quantitative estimate of drug-likeness (QED) is 0.850. The van der Waals surface area contributed by atoms with Crippen LogP contribution in [0.15, 0.2) is 48.5 Å². The van der Waals surface area contributed by atoms with Crippen molar-refractivity contribution < 1.29 is 27.8 Å². The average Bonchev–Trinajstić information content (AvgIpc) is 2.58. The molecule has 1 saturated heterocycles. The minimum atomic E-state index is -4.76. The summed E-state index contributed by atoms with van der Waals surface area (Å²) in [6.07, 6.45) is -4.76. The second-order valence-electron chi connectivity index (χ2n) is 6.68. The molecule has 1 atom stereocenters. The van der Waals surface area contributed by atoms with Crippen LogP contribution in [0.1, 0.15) is 18.1 Å². The highest BCUT2D eigenvalue weighted by Crippen LogP contribution is 2.48. The van der Waals surface area contributed by atoms with Gasteiger partial charge in [-0.3, -0.25) is 0 Å². The number of ether oxygens (including phenoxy) is 2. The molecule has 0 spiro atoms. The summed E-state index contributed by atoms with van der Waals surface area (Å²) in [6, 6.07) is 12.4. The van der Waals surface area contributed by atoms with E-state index in [-0.39, 0.29) is 5.75 Å².